The van der Waals surface area contributed by atoms with E-state index in [1.807, 2.05) is 20.8 Å². The summed E-state index contributed by atoms with van der Waals surface area (Å²) in [5.41, 5.74) is 5.05. The van der Waals surface area contributed by atoms with Crippen LogP contribution in [0.15, 0.2) is 0 Å². The van der Waals surface area contributed by atoms with Crippen molar-refractivity contribution in [1.82, 2.24) is 14.9 Å². The maximum Gasteiger partial charge on any atom is 0.113 e. The largest absolute Gasteiger partial charge is 0.323 e. The third-order valence-corrected chi connectivity index (χ3v) is 2.68. The third-order valence-electron chi connectivity index (χ3n) is 2.68. The minimum atomic E-state index is 0.936. The molecule has 0 amide bonds. The number of aryl methyl sites for hydroxylation is 4. The summed E-state index contributed by atoms with van der Waals surface area (Å²) in [5, 5.41) is 5.34. The van der Waals surface area contributed by atoms with E-state index >= 15 is 0 Å². The van der Waals surface area contributed by atoms with E-state index in [1.165, 1.54) is 10.4 Å². The Kier molecular flexibility index (Phi) is 1.74. The van der Waals surface area contributed by atoms with Crippen LogP contribution in [0.3, 0.4) is 0 Å². The van der Waals surface area contributed by atoms with Crippen molar-refractivity contribution in [3.63, 3.8) is 0 Å². The van der Waals surface area contributed by atoms with Gasteiger partial charge in [-0.1, -0.05) is 0 Å². The van der Waals surface area contributed by atoms with Crippen molar-refractivity contribution in [3.8, 4) is 0 Å². The molecule has 0 radical (unpaired) electrons. The molecule has 0 saturated carbocycles. The molecule has 0 spiro atoms. The van der Waals surface area contributed by atoms with Crippen LogP contribution in [0.4, 0.5) is 0 Å². The molecule has 0 aliphatic heterocycles. The van der Waals surface area contributed by atoms with E-state index in [1.54, 1.807) is 0 Å². The zero-order chi connectivity index (χ0) is 10.5. The Bertz CT molecular complexity index is 511. The van der Waals surface area contributed by atoms with Crippen molar-refractivity contribution in [1.29, 1.82) is 0 Å². The molecule has 0 unspecified atom stereocenters. The van der Waals surface area contributed by atoms with Crippen molar-refractivity contribution in [2.24, 2.45) is 0 Å². The maximum absolute atomic E-state index is 5.76. The number of aromatic nitrogens is 3. The van der Waals surface area contributed by atoms with Crippen molar-refractivity contribution >= 4 is 10.9 Å². The van der Waals surface area contributed by atoms with E-state index in [2.05, 4.69) is 17.0 Å². The smallest absolute Gasteiger partial charge is 0.113 e. The average molecular weight is 190 g/mol. The molecule has 2 N–H and O–H groups in total. The lowest BCUT2D eigenvalue weighted by Crippen LogP contribution is -2.11. The molecule has 0 saturated heterocycles. The van der Waals surface area contributed by atoms with Gasteiger partial charge in [0.25, 0.3) is 0 Å². The highest BCUT2D eigenvalue weighted by Crippen LogP contribution is 2.24. The van der Waals surface area contributed by atoms with Crippen molar-refractivity contribution in [2.75, 3.05) is 5.84 Å². The second kappa shape index (κ2) is 2.70. The predicted octanol–water partition coefficient (Wildman–Crippen LogP) is 1.38. The van der Waals surface area contributed by atoms with E-state index in [4.69, 9.17) is 5.84 Å². The zero-order valence-corrected chi connectivity index (χ0v) is 8.92. The molecule has 0 atom stereocenters. The summed E-state index contributed by atoms with van der Waals surface area (Å²) < 4.78 is 0. The second-order valence-corrected chi connectivity index (χ2v) is 3.66. The number of hydrogen-bond acceptors (Lipinski definition) is 3. The van der Waals surface area contributed by atoms with Gasteiger partial charge >= 0.3 is 0 Å². The lowest BCUT2D eigenvalue weighted by Gasteiger charge is -2.04. The monoisotopic (exact) mass is 190 g/mol. The molecule has 74 valence electrons. The van der Waals surface area contributed by atoms with E-state index < -0.39 is 0 Å². The van der Waals surface area contributed by atoms with Crippen LogP contribution < -0.4 is 5.84 Å². The van der Waals surface area contributed by atoms with Gasteiger partial charge in [0.05, 0.1) is 11.4 Å². The summed E-state index contributed by atoms with van der Waals surface area (Å²) in [6.07, 6.45) is 0. The second-order valence-electron chi connectivity index (χ2n) is 3.66. The Morgan fingerprint density at radius 3 is 2.29 bits per heavy atom. The molecule has 0 aliphatic carbocycles. The normalized spacial score (nSPS) is 11.1. The molecule has 4 heteroatoms. The van der Waals surface area contributed by atoms with Gasteiger partial charge in [0, 0.05) is 11.1 Å². The van der Waals surface area contributed by atoms with E-state index in [-0.39, 0.29) is 0 Å². The van der Waals surface area contributed by atoms with Gasteiger partial charge in [-0.2, -0.15) is 9.89 Å². The van der Waals surface area contributed by atoms with Crippen LogP contribution in [-0.4, -0.2) is 14.9 Å². The molecule has 0 aromatic carbocycles. The fourth-order valence-electron chi connectivity index (χ4n) is 1.91. The van der Waals surface area contributed by atoms with Crippen LogP contribution in [0, 0.1) is 27.7 Å². The fraction of sp³-hybridized carbons (Fsp3) is 0.400. The maximum atomic E-state index is 5.76. The van der Waals surface area contributed by atoms with Crippen molar-refractivity contribution in [2.45, 2.75) is 27.7 Å². The molecule has 0 aliphatic rings. The number of nitrogen functional groups attached to an aromatic ring is 1. The van der Waals surface area contributed by atoms with Gasteiger partial charge in [-0.15, -0.1) is 0 Å². The number of rotatable bonds is 0. The van der Waals surface area contributed by atoms with Crippen LogP contribution >= 0.6 is 0 Å². The Morgan fingerprint density at radius 1 is 1.00 bits per heavy atom. The summed E-state index contributed by atoms with van der Waals surface area (Å²) in [6.45, 7) is 7.99. The van der Waals surface area contributed by atoms with Gasteiger partial charge in [0.2, 0.25) is 0 Å². The number of nitrogens with zero attached hydrogens (tertiary/aromatic N) is 3. The highest BCUT2D eigenvalue weighted by molar-refractivity contribution is 5.87. The van der Waals surface area contributed by atoms with Gasteiger partial charge in [-0.05, 0) is 33.3 Å². The molecular weight excluding hydrogens is 176 g/mol. The van der Waals surface area contributed by atoms with E-state index in [0.29, 0.717) is 0 Å². The van der Waals surface area contributed by atoms with Crippen LogP contribution in [-0.2, 0) is 0 Å². The van der Waals surface area contributed by atoms with Gasteiger partial charge < -0.3 is 5.84 Å². The van der Waals surface area contributed by atoms with Gasteiger partial charge in [0.15, 0.2) is 0 Å². The molecule has 2 aromatic heterocycles. The van der Waals surface area contributed by atoms with E-state index in [9.17, 15) is 0 Å². The van der Waals surface area contributed by atoms with Gasteiger partial charge in [-0.25, -0.2) is 0 Å². The van der Waals surface area contributed by atoms with Crippen LogP contribution in [0.1, 0.15) is 22.6 Å². The lowest BCUT2D eigenvalue weighted by atomic mass is 10.1. The standard InChI is InChI=1S/C10H14N4/c1-5-6(2)12-8(4)10-9(5)7(3)13-14(10)11/h11H2,1-4H3. The molecule has 14 heavy (non-hydrogen) atoms. The summed E-state index contributed by atoms with van der Waals surface area (Å²) in [6, 6.07) is 0. The Hall–Kier alpha value is -1.58. The molecule has 0 fully saturated rings. The minimum absolute atomic E-state index is 0.936. The topological polar surface area (TPSA) is 56.7 Å². The number of nitrogens with two attached hydrogens (primary N) is 1. The predicted molar refractivity (Wildman–Crippen MR) is 56.6 cm³/mol. The Morgan fingerprint density at radius 2 is 1.64 bits per heavy atom. The molecular formula is C10H14N4. The number of fused-ring (bicyclic) bond motifs is 1. The summed E-state index contributed by atoms with van der Waals surface area (Å²) in [5.74, 6) is 5.76. The van der Waals surface area contributed by atoms with Crippen LogP contribution in [0.5, 0.6) is 0 Å². The Labute approximate surface area is 82.7 Å². The van der Waals surface area contributed by atoms with Crippen molar-refractivity contribution < 1.29 is 0 Å². The van der Waals surface area contributed by atoms with Crippen LogP contribution in [0.2, 0.25) is 0 Å². The average Bonchev–Trinajstić information content (AvgIpc) is 2.38. The minimum Gasteiger partial charge on any atom is -0.323 e. The first kappa shape index (κ1) is 8.99. The zero-order valence-electron chi connectivity index (χ0n) is 8.92. The third kappa shape index (κ3) is 0.999. The fourth-order valence-corrected chi connectivity index (χ4v) is 1.91. The summed E-state index contributed by atoms with van der Waals surface area (Å²) in [7, 11) is 0. The summed E-state index contributed by atoms with van der Waals surface area (Å²) >= 11 is 0. The first-order chi connectivity index (χ1) is 6.52. The van der Waals surface area contributed by atoms with E-state index in [0.717, 1.165) is 28.0 Å². The first-order valence-electron chi connectivity index (χ1n) is 4.60. The van der Waals surface area contributed by atoms with Crippen molar-refractivity contribution in [3.05, 3.63) is 22.6 Å². The SMILES string of the molecule is Cc1nc(C)c2c(c(C)nn2N)c1C. The number of pyridine rings is 1. The van der Waals surface area contributed by atoms with Gasteiger partial charge in [-0.3, -0.25) is 4.98 Å². The molecule has 2 rings (SSSR count). The molecule has 4 nitrogen and oxygen atoms in total. The summed E-state index contributed by atoms with van der Waals surface area (Å²) in [4.78, 5) is 5.85. The van der Waals surface area contributed by atoms with Crippen LogP contribution in [0.25, 0.3) is 10.9 Å². The number of hydrogen-bond donors (Lipinski definition) is 1. The van der Waals surface area contributed by atoms with Gasteiger partial charge in [0.1, 0.15) is 5.52 Å². The molecule has 2 aromatic rings. The highest BCUT2D eigenvalue weighted by Gasteiger charge is 2.13. The molecule has 0 bridgehead atoms. The molecule has 2 heterocycles. The first-order valence-corrected chi connectivity index (χ1v) is 4.60. The highest BCUT2D eigenvalue weighted by atomic mass is 15.5. The Balaban J connectivity index is 3.05. The lowest BCUT2D eigenvalue weighted by molar-refractivity contribution is 0.839. The quantitative estimate of drug-likeness (QED) is 0.638.